The van der Waals surface area contributed by atoms with Crippen molar-refractivity contribution in [2.75, 3.05) is 26.2 Å². The van der Waals surface area contributed by atoms with Crippen LogP contribution in [0.1, 0.15) is 94.8 Å². The molecule has 0 radical (unpaired) electrons. The van der Waals surface area contributed by atoms with Crippen molar-refractivity contribution in [2.45, 2.75) is 90.1 Å². The fraction of sp³-hybridized carbons (Fsp3) is 0.667. The highest BCUT2D eigenvalue weighted by atomic mass is 16.6. The lowest BCUT2D eigenvalue weighted by molar-refractivity contribution is -0.134. The zero-order valence-corrected chi connectivity index (χ0v) is 21.1. The van der Waals surface area contributed by atoms with Gasteiger partial charge in [-0.25, -0.2) is 9.78 Å². The van der Waals surface area contributed by atoms with Crippen molar-refractivity contribution < 1.29 is 14.3 Å². The van der Waals surface area contributed by atoms with Gasteiger partial charge in [-0.2, -0.15) is 0 Å². The van der Waals surface area contributed by atoms with Crippen LogP contribution in [0.25, 0.3) is 12.2 Å². The lowest BCUT2D eigenvalue weighted by Crippen LogP contribution is -2.42. The number of aromatic nitrogens is 2. The van der Waals surface area contributed by atoms with E-state index in [0.717, 1.165) is 55.9 Å². The molecule has 1 unspecified atom stereocenters. The van der Waals surface area contributed by atoms with Crippen molar-refractivity contribution in [1.29, 1.82) is 0 Å². The van der Waals surface area contributed by atoms with Gasteiger partial charge >= 0.3 is 6.09 Å². The smallest absolute Gasteiger partial charge is 0.409 e. The van der Waals surface area contributed by atoms with E-state index in [1.165, 1.54) is 19.3 Å². The molecule has 0 bridgehead atoms. The number of nitrogens with zero attached hydrogens (tertiary/aromatic N) is 4. The molecular formula is C27H42N4O3. The summed E-state index contributed by atoms with van der Waals surface area (Å²) in [5, 5.41) is 0. The lowest BCUT2D eigenvalue weighted by Gasteiger charge is -2.34. The predicted molar refractivity (Wildman–Crippen MR) is 136 cm³/mol. The van der Waals surface area contributed by atoms with Crippen LogP contribution in [0.3, 0.4) is 0 Å². The molecular weight excluding hydrogens is 428 g/mol. The maximum absolute atomic E-state index is 13.2. The van der Waals surface area contributed by atoms with Crippen LogP contribution in [0, 0.1) is 0 Å². The number of carbonyl (C=O) groups excluding carboxylic acids is 2. The standard InChI is InChI=1S/C27H42N4O3/c1-5-19-34-27(33)29-17-12-13-21(20-29)26-28-23(6-2)24(7-3)31(26)18-16-25(32)30(8-4)22-14-10-9-11-15-22/h6-7,21-22H,2-3,5,8-20H2,1,4H3. The summed E-state index contributed by atoms with van der Waals surface area (Å²) in [4.78, 5) is 34.4. The molecule has 1 saturated heterocycles. The number of likely N-dealkylation sites (tertiary alicyclic amines) is 1. The second-order valence-corrected chi connectivity index (χ2v) is 9.42. The fourth-order valence-electron chi connectivity index (χ4n) is 5.43. The SMILES string of the molecule is C=Cc1nc(C2CCCN(C(=O)OCCC)C2)n(CCC(=O)N(CC)C2CCCCC2)c1C=C. The van der Waals surface area contributed by atoms with Gasteiger partial charge in [0.15, 0.2) is 0 Å². The number of hydrogen-bond donors (Lipinski definition) is 0. The molecule has 7 heteroatoms. The van der Waals surface area contributed by atoms with Gasteiger partial charge in [0.25, 0.3) is 0 Å². The number of carbonyl (C=O) groups is 2. The Labute approximate surface area is 204 Å². The van der Waals surface area contributed by atoms with Gasteiger partial charge in [-0.1, -0.05) is 39.3 Å². The van der Waals surface area contributed by atoms with E-state index in [9.17, 15) is 9.59 Å². The van der Waals surface area contributed by atoms with E-state index in [-0.39, 0.29) is 17.9 Å². The Balaban J connectivity index is 1.77. The average Bonchev–Trinajstić information content (AvgIpc) is 3.24. The Hall–Kier alpha value is -2.57. The zero-order valence-electron chi connectivity index (χ0n) is 21.1. The van der Waals surface area contributed by atoms with Crippen LogP contribution >= 0.6 is 0 Å². The minimum Gasteiger partial charge on any atom is -0.449 e. The second kappa shape index (κ2) is 12.8. The molecule has 188 valence electrons. The lowest BCUT2D eigenvalue weighted by atomic mass is 9.94. The van der Waals surface area contributed by atoms with Crippen molar-refractivity contribution in [3.63, 3.8) is 0 Å². The van der Waals surface area contributed by atoms with Gasteiger partial charge in [0.05, 0.1) is 18.0 Å². The second-order valence-electron chi connectivity index (χ2n) is 9.42. The summed E-state index contributed by atoms with van der Waals surface area (Å²) in [7, 11) is 0. The van der Waals surface area contributed by atoms with Crippen molar-refractivity contribution >= 4 is 24.2 Å². The normalized spacial score (nSPS) is 19.0. The van der Waals surface area contributed by atoms with Crippen LogP contribution < -0.4 is 0 Å². The van der Waals surface area contributed by atoms with Crippen LogP contribution in [-0.4, -0.2) is 63.6 Å². The Bertz CT molecular complexity index is 856. The first-order valence-electron chi connectivity index (χ1n) is 13.1. The van der Waals surface area contributed by atoms with Crippen molar-refractivity contribution in [1.82, 2.24) is 19.4 Å². The summed E-state index contributed by atoms with van der Waals surface area (Å²) in [5.41, 5.74) is 1.67. The van der Waals surface area contributed by atoms with E-state index in [2.05, 4.69) is 29.5 Å². The molecule has 1 aliphatic heterocycles. The number of piperidine rings is 1. The quantitative estimate of drug-likeness (QED) is 0.455. The fourth-order valence-corrected chi connectivity index (χ4v) is 5.43. The number of amides is 2. The molecule has 0 spiro atoms. The zero-order chi connectivity index (χ0) is 24.5. The first-order valence-corrected chi connectivity index (χ1v) is 13.1. The third kappa shape index (κ3) is 6.10. The molecule has 2 aliphatic rings. The van der Waals surface area contributed by atoms with E-state index in [4.69, 9.17) is 9.72 Å². The first kappa shape index (κ1) is 26.0. The molecule has 1 aliphatic carbocycles. The maximum Gasteiger partial charge on any atom is 0.409 e. The summed E-state index contributed by atoms with van der Waals surface area (Å²) in [6.45, 7) is 15.0. The van der Waals surface area contributed by atoms with Crippen molar-refractivity contribution in [2.24, 2.45) is 0 Å². The van der Waals surface area contributed by atoms with Gasteiger partial charge in [-0.15, -0.1) is 0 Å². The molecule has 2 fully saturated rings. The topological polar surface area (TPSA) is 67.7 Å². The molecule has 1 saturated carbocycles. The first-order chi connectivity index (χ1) is 16.5. The summed E-state index contributed by atoms with van der Waals surface area (Å²) in [5.74, 6) is 1.20. The maximum atomic E-state index is 13.2. The monoisotopic (exact) mass is 470 g/mol. The molecule has 1 aromatic rings. The Morgan fingerprint density at radius 3 is 2.53 bits per heavy atom. The Morgan fingerprint density at radius 1 is 1.12 bits per heavy atom. The van der Waals surface area contributed by atoms with E-state index in [1.54, 1.807) is 17.1 Å². The van der Waals surface area contributed by atoms with Gasteiger partial charge in [0, 0.05) is 44.6 Å². The van der Waals surface area contributed by atoms with Crippen LogP contribution in [-0.2, 0) is 16.1 Å². The molecule has 1 atom stereocenters. The van der Waals surface area contributed by atoms with E-state index >= 15 is 0 Å². The van der Waals surface area contributed by atoms with Gasteiger partial charge in [0.1, 0.15) is 5.82 Å². The van der Waals surface area contributed by atoms with Crippen LogP contribution in [0.15, 0.2) is 13.2 Å². The number of ether oxygens (including phenoxy) is 1. The molecule has 1 aromatic heterocycles. The number of rotatable bonds is 10. The van der Waals surface area contributed by atoms with Crippen LogP contribution in [0.2, 0.25) is 0 Å². The van der Waals surface area contributed by atoms with E-state index < -0.39 is 0 Å². The van der Waals surface area contributed by atoms with Gasteiger partial charge in [-0.3, -0.25) is 4.79 Å². The highest BCUT2D eigenvalue weighted by Gasteiger charge is 2.30. The molecule has 3 rings (SSSR count). The van der Waals surface area contributed by atoms with E-state index in [1.807, 2.05) is 6.92 Å². The molecule has 7 nitrogen and oxygen atoms in total. The average molecular weight is 471 g/mol. The minimum absolute atomic E-state index is 0.0889. The Morgan fingerprint density at radius 2 is 1.88 bits per heavy atom. The summed E-state index contributed by atoms with van der Waals surface area (Å²) < 4.78 is 7.50. The van der Waals surface area contributed by atoms with Gasteiger partial charge in [0.2, 0.25) is 5.91 Å². The minimum atomic E-state index is -0.251. The Kier molecular flexibility index (Phi) is 9.78. The number of hydrogen-bond acceptors (Lipinski definition) is 4. The van der Waals surface area contributed by atoms with Gasteiger partial charge in [-0.05, 0) is 51.2 Å². The van der Waals surface area contributed by atoms with Crippen molar-refractivity contribution in [3.05, 3.63) is 30.4 Å². The summed E-state index contributed by atoms with van der Waals surface area (Å²) >= 11 is 0. The van der Waals surface area contributed by atoms with Crippen LogP contribution in [0.5, 0.6) is 0 Å². The highest BCUT2D eigenvalue weighted by molar-refractivity contribution is 5.76. The van der Waals surface area contributed by atoms with Crippen LogP contribution in [0.4, 0.5) is 4.79 Å². The molecule has 0 N–H and O–H groups in total. The summed E-state index contributed by atoms with van der Waals surface area (Å²) in [6, 6.07) is 0.372. The molecule has 2 heterocycles. The summed E-state index contributed by atoms with van der Waals surface area (Å²) in [6.07, 6.45) is 12.3. The van der Waals surface area contributed by atoms with E-state index in [0.29, 0.717) is 38.7 Å². The third-order valence-corrected chi connectivity index (χ3v) is 7.15. The van der Waals surface area contributed by atoms with Gasteiger partial charge < -0.3 is 19.1 Å². The predicted octanol–water partition coefficient (Wildman–Crippen LogP) is 5.47. The third-order valence-electron chi connectivity index (χ3n) is 7.15. The molecule has 0 aromatic carbocycles. The highest BCUT2D eigenvalue weighted by Crippen LogP contribution is 2.30. The molecule has 34 heavy (non-hydrogen) atoms. The molecule has 2 amide bonds. The largest absolute Gasteiger partial charge is 0.449 e. The van der Waals surface area contributed by atoms with Crippen molar-refractivity contribution in [3.8, 4) is 0 Å². The number of imidazole rings is 1.